The Balaban J connectivity index is 1.35. The van der Waals surface area contributed by atoms with E-state index >= 15 is 0 Å². The second-order valence-electron chi connectivity index (χ2n) is 7.87. The van der Waals surface area contributed by atoms with Crippen LogP contribution < -0.4 is 5.32 Å². The van der Waals surface area contributed by atoms with E-state index in [4.69, 9.17) is 0 Å². The number of hydrogen-bond donors (Lipinski definition) is 1. The molecule has 3 heterocycles. The van der Waals surface area contributed by atoms with Gasteiger partial charge in [-0.25, -0.2) is 0 Å². The number of carbonyl (C=O) groups is 2. The molecule has 5 heteroatoms. The van der Waals surface area contributed by atoms with Crippen LogP contribution in [0.15, 0.2) is 60.7 Å². The van der Waals surface area contributed by atoms with Crippen molar-refractivity contribution in [2.75, 3.05) is 26.2 Å². The molecule has 3 aliphatic heterocycles. The first-order valence-electron chi connectivity index (χ1n) is 10.1. The molecule has 0 unspecified atom stereocenters. The van der Waals surface area contributed by atoms with Gasteiger partial charge in [-0.1, -0.05) is 48.5 Å². The summed E-state index contributed by atoms with van der Waals surface area (Å²) in [5.41, 5.74) is 1.85. The van der Waals surface area contributed by atoms with Crippen molar-refractivity contribution in [2.24, 2.45) is 5.92 Å². The van der Waals surface area contributed by atoms with E-state index in [2.05, 4.69) is 10.2 Å². The van der Waals surface area contributed by atoms with Crippen LogP contribution in [0, 0.1) is 5.92 Å². The van der Waals surface area contributed by atoms with Gasteiger partial charge >= 0.3 is 0 Å². The SMILES string of the molecule is O=C(CN1C[C@H]2CC[C@@H]1CN(C(=O)c1ccccc1)C2)NCc1ccccc1. The van der Waals surface area contributed by atoms with Crippen LogP contribution in [0.1, 0.15) is 28.8 Å². The van der Waals surface area contributed by atoms with Gasteiger partial charge in [0.05, 0.1) is 6.54 Å². The summed E-state index contributed by atoms with van der Waals surface area (Å²) in [6, 6.07) is 19.7. The largest absolute Gasteiger partial charge is 0.351 e. The molecule has 146 valence electrons. The molecule has 2 amide bonds. The second kappa shape index (κ2) is 8.57. The lowest BCUT2D eigenvalue weighted by atomic mass is 9.95. The van der Waals surface area contributed by atoms with Gasteiger partial charge < -0.3 is 10.2 Å². The standard InChI is InChI=1S/C23H27N3O2/c27-22(24-13-18-7-3-1-4-8-18)17-25-14-19-11-12-21(25)16-26(15-19)23(28)20-9-5-2-6-10-20/h1-10,19,21H,11-17H2,(H,24,27)/t19-,21-/m1/s1. The van der Waals surface area contributed by atoms with Gasteiger partial charge in [-0.2, -0.15) is 0 Å². The van der Waals surface area contributed by atoms with E-state index in [9.17, 15) is 9.59 Å². The van der Waals surface area contributed by atoms with E-state index in [1.54, 1.807) is 0 Å². The molecule has 2 aromatic rings. The average Bonchev–Trinajstić information content (AvgIpc) is 3.05. The molecule has 3 saturated heterocycles. The van der Waals surface area contributed by atoms with Crippen molar-refractivity contribution < 1.29 is 9.59 Å². The van der Waals surface area contributed by atoms with Crippen molar-refractivity contribution in [3.8, 4) is 0 Å². The zero-order valence-electron chi connectivity index (χ0n) is 16.1. The van der Waals surface area contributed by atoms with Gasteiger partial charge in [0.15, 0.2) is 0 Å². The number of benzene rings is 2. The summed E-state index contributed by atoms with van der Waals surface area (Å²) in [7, 11) is 0. The fourth-order valence-electron chi connectivity index (χ4n) is 4.34. The Labute approximate surface area is 166 Å². The third kappa shape index (κ3) is 4.42. The minimum atomic E-state index is 0.0531. The first-order chi connectivity index (χ1) is 13.7. The van der Waals surface area contributed by atoms with E-state index in [1.807, 2.05) is 65.6 Å². The third-order valence-corrected chi connectivity index (χ3v) is 5.81. The molecule has 0 saturated carbocycles. The van der Waals surface area contributed by atoms with Gasteiger partial charge in [-0.15, -0.1) is 0 Å². The van der Waals surface area contributed by atoms with E-state index < -0.39 is 0 Å². The van der Waals surface area contributed by atoms with Gasteiger partial charge in [0, 0.05) is 37.8 Å². The lowest BCUT2D eigenvalue weighted by molar-refractivity contribution is -0.123. The first kappa shape index (κ1) is 18.7. The average molecular weight is 377 g/mol. The Kier molecular flexibility index (Phi) is 5.72. The summed E-state index contributed by atoms with van der Waals surface area (Å²) in [5.74, 6) is 0.596. The molecule has 2 atom stereocenters. The van der Waals surface area contributed by atoms with Crippen LogP contribution in [0.2, 0.25) is 0 Å². The molecule has 2 aromatic carbocycles. The first-order valence-corrected chi connectivity index (χ1v) is 10.1. The zero-order valence-corrected chi connectivity index (χ0v) is 16.1. The Hall–Kier alpha value is -2.66. The summed E-state index contributed by atoms with van der Waals surface area (Å²) in [6.07, 6.45) is 2.18. The van der Waals surface area contributed by atoms with Crippen LogP contribution >= 0.6 is 0 Å². The van der Waals surface area contributed by atoms with Gasteiger partial charge in [-0.3, -0.25) is 14.5 Å². The molecule has 3 fully saturated rings. The van der Waals surface area contributed by atoms with Crippen molar-refractivity contribution in [3.05, 3.63) is 71.8 Å². The predicted octanol–water partition coefficient (Wildman–Crippen LogP) is 2.54. The highest BCUT2D eigenvalue weighted by Gasteiger charge is 2.37. The maximum atomic E-state index is 12.9. The van der Waals surface area contributed by atoms with E-state index in [1.165, 1.54) is 0 Å². The van der Waals surface area contributed by atoms with E-state index in [0.29, 0.717) is 25.6 Å². The summed E-state index contributed by atoms with van der Waals surface area (Å²) >= 11 is 0. The maximum absolute atomic E-state index is 12.9. The lowest BCUT2D eigenvalue weighted by Crippen LogP contribution is -2.48. The van der Waals surface area contributed by atoms with Crippen molar-refractivity contribution in [1.29, 1.82) is 0 Å². The minimum Gasteiger partial charge on any atom is -0.351 e. The fourth-order valence-corrected chi connectivity index (χ4v) is 4.34. The Morgan fingerprint density at radius 1 is 0.893 bits per heavy atom. The van der Waals surface area contributed by atoms with Crippen molar-refractivity contribution in [3.63, 3.8) is 0 Å². The number of piperidine rings is 1. The Morgan fingerprint density at radius 3 is 2.36 bits per heavy atom. The summed E-state index contributed by atoms with van der Waals surface area (Å²) < 4.78 is 0. The molecule has 28 heavy (non-hydrogen) atoms. The number of carbonyl (C=O) groups excluding carboxylic acids is 2. The molecular weight excluding hydrogens is 350 g/mol. The number of nitrogens with zero attached hydrogens (tertiary/aromatic N) is 2. The maximum Gasteiger partial charge on any atom is 0.253 e. The summed E-state index contributed by atoms with van der Waals surface area (Å²) in [6.45, 7) is 3.34. The number of amides is 2. The van der Waals surface area contributed by atoms with Crippen molar-refractivity contribution in [1.82, 2.24) is 15.1 Å². The molecule has 5 rings (SSSR count). The topological polar surface area (TPSA) is 52.7 Å². The lowest BCUT2D eigenvalue weighted by Gasteiger charge is -2.35. The van der Waals surface area contributed by atoms with Crippen LogP contribution in [0.5, 0.6) is 0 Å². The second-order valence-corrected chi connectivity index (χ2v) is 7.87. The zero-order chi connectivity index (χ0) is 19.3. The van der Waals surface area contributed by atoms with Gasteiger partial charge in [0.25, 0.3) is 5.91 Å². The summed E-state index contributed by atoms with van der Waals surface area (Å²) in [5, 5.41) is 3.02. The molecule has 3 aliphatic rings. The van der Waals surface area contributed by atoms with Crippen molar-refractivity contribution >= 4 is 11.8 Å². The quantitative estimate of drug-likeness (QED) is 0.871. The molecule has 0 spiro atoms. The van der Waals surface area contributed by atoms with Crippen LogP contribution in [0.25, 0.3) is 0 Å². The van der Waals surface area contributed by atoms with Crippen LogP contribution in [-0.4, -0.2) is 53.8 Å². The smallest absolute Gasteiger partial charge is 0.253 e. The molecule has 2 bridgehead atoms. The molecule has 1 N–H and O–H groups in total. The highest BCUT2D eigenvalue weighted by atomic mass is 16.2. The number of hydrogen-bond acceptors (Lipinski definition) is 3. The third-order valence-electron chi connectivity index (χ3n) is 5.81. The minimum absolute atomic E-state index is 0.0531. The number of rotatable bonds is 5. The monoisotopic (exact) mass is 377 g/mol. The molecule has 0 aromatic heterocycles. The van der Waals surface area contributed by atoms with Crippen LogP contribution in [0.4, 0.5) is 0 Å². The van der Waals surface area contributed by atoms with E-state index in [-0.39, 0.29) is 17.9 Å². The van der Waals surface area contributed by atoms with Gasteiger partial charge in [0.1, 0.15) is 0 Å². The molecule has 0 aliphatic carbocycles. The number of nitrogens with one attached hydrogen (secondary N) is 1. The highest BCUT2D eigenvalue weighted by molar-refractivity contribution is 5.94. The van der Waals surface area contributed by atoms with E-state index in [0.717, 1.165) is 37.1 Å². The van der Waals surface area contributed by atoms with Crippen molar-refractivity contribution in [2.45, 2.75) is 25.4 Å². The normalized spacial score (nSPS) is 21.9. The fraction of sp³-hybridized carbons (Fsp3) is 0.391. The summed E-state index contributed by atoms with van der Waals surface area (Å²) in [4.78, 5) is 29.6. The molecule has 5 nitrogen and oxygen atoms in total. The highest BCUT2D eigenvalue weighted by Crippen LogP contribution is 2.28. The Morgan fingerprint density at radius 2 is 1.61 bits per heavy atom. The predicted molar refractivity (Wildman–Crippen MR) is 109 cm³/mol. The Bertz CT molecular complexity index is 809. The van der Waals surface area contributed by atoms with Gasteiger partial charge in [-0.05, 0) is 36.5 Å². The molecular formula is C23H27N3O2. The van der Waals surface area contributed by atoms with Crippen LogP contribution in [-0.2, 0) is 11.3 Å². The molecule has 0 radical (unpaired) electrons. The van der Waals surface area contributed by atoms with Crippen LogP contribution in [0.3, 0.4) is 0 Å². The van der Waals surface area contributed by atoms with Gasteiger partial charge in [0.2, 0.25) is 5.91 Å². The number of fused-ring (bicyclic) bond motifs is 4.